The molecule has 0 aromatic heterocycles. The Hall–Kier alpha value is -2.53. The summed E-state index contributed by atoms with van der Waals surface area (Å²) in [6.45, 7) is 10.4. The molecule has 1 amide bonds. The van der Waals surface area contributed by atoms with Crippen LogP contribution in [0.2, 0.25) is 0 Å². The van der Waals surface area contributed by atoms with Crippen LogP contribution in [0.3, 0.4) is 0 Å². The summed E-state index contributed by atoms with van der Waals surface area (Å²) in [5.74, 6) is 0.232. The molecule has 2 aromatic carbocycles. The van der Waals surface area contributed by atoms with E-state index < -0.39 is 0 Å². The maximum Gasteiger partial charge on any atom is 0.245 e. The first kappa shape index (κ1) is 22.7. The minimum absolute atomic E-state index is 0.200. The summed E-state index contributed by atoms with van der Waals surface area (Å²) < 4.78 is 0. The van der Waals surface area contributed by atoms with E-state index in [1.165, 1.54) is 17.7 Å². The van der Waals surface area contributed by atoms with Gasteiger partial charge < -0.3 is 15.1 Å². The summed E-state index contributed by atoms with van der Waals surface area (Å²) in [4.78, 5) is 20.1. The van der Waals surface area contributed by atoms with Crippen molar-refractivity contribution >= 4 is 17.3 Å². The molecular formula is C27H38N4O. The largest absolute Gasteiger partial charge is 0.374 e. The van der Waals surface area contributed by atoms with Gasteiger partial charge in [0, 0.05) is 56.7 Å². The highest BCUT2D eigenvalue weighted by Gasteiger charge is 2.28. The number of amides is 1. The number of nitrogens with zero attached hydrogens (tertiary/aromatic N) is 3. The van der Waals surface area contributed by atoms with Crippen LogP contribution in [0.4, 0.5) is 11.4 Å². The van der Waals surface area contributed by atoms with Crippen molar-refractivity contribution in [2.75, 3.05) is 42.9 Å². The fourth-order valence-corrected chi connectivity index (χ4v) is 5.05. The molecule has 172 valence electrons. The molecule has 2 unspecified atom stereocenters. The van der Waals surface area contributed by atoms with E-state index in [0.717, 1.165) is 64.2 Å². The van der Waals surface area contributed by atoms with E-state index in [4.69, 9.17) is 0 Å². The minimum atomic E-state index is -0.200. The Kier molecular flexibility index (Phi) is 7.69. The molecule has 0 spiro atoms. The van der Waals surface area contributed by atoms with Crippen molar-refractivity contribution < 1.29 is 4.79 Å². The normalized spacial score (nSPS) is 20.8. The number of benzene rings is 2. The fraction of sp³-hybridized carbons (Fsp3) is 0.519. The molecule has 0 radical (unpaired) electrons. The van der Waals surface area contributed by atoms with Crippen molar-refractivity contribution in [1.82, 2.24) is 9.80 Å². The van der Waals surface area contributed by atoms with Crippen molar-refractivity contribution in [1.29, 1.82) is 0 Å². The summed E-state index contributed by atoms with van der Waals surface area (Å²) >= 11 is 0. The Morgan fingerprint density at radius 1 is 0.969 bits per heavy atom. The topological polar surface area (TPSA) is 38.8 Å². The first-order chi connectivity index (χ1) is 15.6. The molecular weight excluding hydrogens is 396 g/mol. The smallest absolute Gasteiger partial charge is 0.245 e. The van der Waals surface area contributed by atoms with Crippen LogP contribution >= 0.6 is 0 Å². The molecule has 1 N–H and O–H groups in total. The zero-order chi connectivity index (χ0) is 22.3. The summed E-state index contributed by atoms with van der Waals surface area (Å²) in [6, 6.07) is 19.5. The number of carbonyl (C=O) groups excluding carboxylic acids is 1. The second kappa shape index (κ2) is 10.9. The van der Waals surface area contributed by atoms with E-state index >= 15 is 0 Å². The van der Waals surface area contributed by atoms with Gasteiger partial charge in [0.05, 0.1) is 0 Å². The van der Waals surface area contributed by atoms with Gasteiger partial charge in [-0.3, -0.25) is 9.69 Å². The summed E-state index contributed by atoms with van der Waals surface area (Å²) in [5.41, 5.74) is 3.66. The summed E-state index contributed by atoms with van der Waals surface area (Å²) in [7, 11) is 0. The van der Waals surface area contributed by atoms with E-state index in [1.807, 2.05) is 6.92 Å². The van der Waals surface area contributed by atoms with Gasteiger partial charge in [-0.1, -0.05) is 37.3 Å². The lowest BCUT2D eigenvalue weighted by Crippen LogP contribution is -2.49. The second-order valence-corrected chi connectivity index (χ2v) is 9.25. The molecule has 0 saturated carbocycles. The number of anilines is 2. The van der Waals surface area contributed by atoms with Gasteiger partial charge in [-0.2, -0.15) is 0 Å². The van der Waals surface area contributed by atoms with Crippen molar-refractivity contribution in [2.45, 2.75) is 58.2 Å². The van der Waals surface area contributed by atoms with Gasteiger partial charge in [-0.15, -0.1) is 0 Å². The Morgan fingerprint density at radius 2 is 1.69 bits per heavy atom. The second-order valence-electron chi connectivity index (χ2n) is 9.25. The average molecular weight is 435 g/mol. The number of piperazine rings is 1. The molecule has 32 heavy (non-hydrogen) atoms. The molecule has 2 heterocycles. The predicted molar refractivity (Wildman–Crippen MR) is 133 cm³/mol. The number of hydrogen-bond acceptors (Lipinski definition) is 4. The van der Waals surface area contributed by atoms with Crippen LogP contribution in [0.1, 0.15) is 45.1 Å². The van der Waals surface area contributed by atoms with E-state index in [2.05, 4.69) is 81.5 Å². The Morgan fingerprint density at radius 3 is 2.38 bits per heavy atom. The number of hydrogen-bond donors (Lipinski definition) is 1. The SMILES string of the molecule is CCC1CCCCN1C(=O)C(C)Nc1ccc(N2CCN(Cc3ccccc3)CC2)cc1. The Balaban J connectivity index is 1.27. The highest BCUT2D eigenvalue weighted by atomic mass is 16.2. The van der Waals surface area contributed by atoms with Gasteiger partial charge in [0.1, 0.15) is 6.04 Å². The fourth-order valence-electron chi connectivity index (χ4n) is 5.05. The molecule has 2 fully saturated rings. The van der Waals surface area contributed by atoms with Crippen LogP contribution in [0.25, 0.3) is 0 Å². The lowest BCUT2D eigenvalue weighted by Gasteiger charge is -2.37. The van der Waals surface area contributed by atoms with E-state index in [-0.39, 0.29) is 11.9 Å². The number of nitrogens with one attached hydrogen (secondary N) is 1. The summed E-state index contributed by atoms with van der Waals surface area (Å²) in [6.07, 6.45) is 4.56. The van der Waals surface area contributed by atoms with Crippen LogP contribution in [0.5, 0.6) is 0 Å². The molecule has 2 aromatic rings. The molecule has 2 atom stereocenters. The third kappa shape index (κ3) is 5.63. The summed E-state index contributed by atoms with van der Waals surface area (Å²) in [5, 5.41) is 3.43. The Bertz CT molecular complexity index is 846. The number of rotatable bonds is 7. The van der Waals surface area contributed by atoms with Crippen molar-refractivity contribution in [3.05, 3.63) is 60.2 Å². The van der Waals surface area contributed by atoms with Gasteiger partial charge in [-0.25, -0.2) is 0 Å². The van der Waals surface area contributed by atoms with Crippen LogP contribution in [0.15, 0.2) is 54.6 Å². The van der Waals surface area contributed by atoms with E-state index in [1.54, 1.807) is 0 Å². The van der Waals surface area contributed by atoms with Crippen molar-refractivity contribution in [3.63, 3.8) is 0 Å². The van der Waals surface area contributed by atoms with Gasteiger partial charge in [0.15, 0.2) is 0 Å². The molecule has 4 rings (SSSR count). The molecule has 5 heteroatoms. The van der Waals surface area contributed by atoms with Gasteiger partial charge in [-0.05, 0) is 62.4 Å². The molecule has 0 bridgehead atoms. The zero-order valence-electron chi connectivity index (χ0n) is 19.7. The van der Waals surface area contributed by atoms with Gasteiger partial charge in [0.2, 0.25) is 5.91 Å². The molecule has 0 aliphatic carbocycles. The van der Waals surface area contributed by atoms with E-state index in [9.17, 15) is 4.79 Å². The lowest BCUT2D eigenvalue weighted by atomic mass is 9.99. The first-order valence-electron chi connectivity index (χ1n) is 12.3. The van der Waals surface area contributed by atoms with Crippen LogP contribution in [0, 0.1) is 0 Å². The van der Waals surface area contributed by atoms with Crippen LogP contribution in [-0.4, -0.2) is 60.5 Å². The highest BCUT2D eigenvalue weighted by molar-refractivity contribution is 5.84. The molecule has 2 aliphatic rings. The van der Waals surface area contributed by atoms with Crippen molar-refractivity contribution in [3.8, 4) is 0 Å². The van der Waals surface area contributed by atoms with E-state index in [0.29, 0.717) is 6.04 Å². The standard InChI is InChI=1S/C27H38N4O/c1-3-25-11-7-8-16-31(25)27(32)22(2)28-24-12-14-26(15-13-24)30-19-17-29(18-20-30)21-23-9-5-4-6-10-23/h4-6,9-10,12-15,22,25,28H,3,7-8,11,16-21H2,1-2H3. The molecule has 2 saturated heterocycles. The monoisotopic (exact) mass is 434 g/mol. The first-order valence-corrected chi connectivity index (χ1v) is 12.3. The van der Waals surface area contributed by atoms with Crippen molar-refractivity contribution in [2.24, 2.45) is 0 Å². The third-order valence-electron chi connectivity index (χ3n) is 6.99. The highest BCUT2D eigenvalue weighted by Crippen LogP contribution is 2.23. The average Bonchev–Trinajstić information content (AvgIpc) is 2.85. The van der Waals surface area contributed by atoms with Gasteiger partial charge in [0.25, 0.3) is 0 Å². The zero-order valence-corrected chi connectivity index (χ0v) is 19.7. The minimum Gasteiger partial charge on any atom is -0.374 e. The Labute approximate surface area is 193 Å². The van der Waals surface area contributed by atoms with Crippen LogP contribution < -0.4 is 10.2 Å². The molecule has 2 aliphatic heterocycles. The maximum atomic E-state index is 13.0. The van der Waals surface area contributed by atoms with Gasteiger partial charge >= 0.3 is 0 Å². The number of carbonyl (C=O) groups is 1. The lowest BCUT2D eigenvalue weighted by molar-refractivity contribution is -0.135. The van der Waals surface area contributed by atoms with Crippen LogP contribution in [-0.2, 0) is 11.3 Å². The maximum absolute atomic E-state index is 13.0. The number of piperidine rings is 1. The molecule has 5 nitrogen and oxygen atoms in total. The number of likely N-dealkylation sites (tertiary alicyclic amines) is 1. The third-order valence-corrected chi connectivity index (χ3v) is 6.99. The quantitative estimate of drug-likeness (QED) is 0.691. The predicted octanol–water partition coefficient (Wildman–Crippen LogP) is 4.60.